The van der Waals surface area contributed by atoms with Crippen LogP contribution in [0, 0.1) is 5.82 Å². The molecule has 1 aliphatic carbocycles. The summed E-state index contributed by atoms with van der Waals surface area (Å²) in [6.45, 7) is 0.323. The average molecular weight is 459 g/mol. The van der Waals surface area contributed by atoms with Crippen molar-refractivity contribution in [3.63, 3.8) is 0 Å². The standard InChI is InChI=1S/C26H22FN3O4/c27-19-9-4-8-18-21(17-6-2-1-3-7-17)30-16-28(26(12-13-26)11-5-15-34-24(18)19)25(33)22-23(32)20(31)10-14-29(22)30/h1-11,14,21,32H,12-13,15-16H2/b11-5+/t21-/m1/s1. The summed E-state index contributed by atoms with van der Waals surface area (Å²) in [5, 5.41) is 12.6. The lowest BCUT2D eigenvalue weighted by molar-refractivity contribution is 0.0606. The van der Waals surface area contributed by atoms with Crippen molar-refractivity contribution in [3.8, 4) is 11.5 Å². The number of ether oxygens (including phenoxy) is 1. The topological polar surface area (TPSA) is 75.0 Å². The third-order valence-corrected chi connectivity index (χ3v) is 6.82. The number of hydrogen-bond acceptors (Lipinski definition) is 5. The molecular formula is C26H22FN3O4. The molecule has 0 saturated heterocycles. The van der Waals surface area contributed by atoms with Crippen LogP contribution in [0.3, 0.4) is 0 Å². The zero-order chi connectivity index (χ0) is 23.4. The van der Waals surface area contributed by atoms with E-state index >= 15 is 4.39 Å². The van der Waals surface area contributed by atoms with E-state index in [1.807, 2.05) is 41.4 Å². The first kappa shape index (κ1) is 20.5. The van der Waals surface area contributed by atoms with Gasteiger partial charge in [-0.1, -0.05) is 48.5 Å². The Morgan fingerprint density at radius 3 is 2.59 bits per heavy atom. The van der Waals surface area contributed by atoms with Gasteiger partial charge in [0.05, 0.1) is 5.54 Å². The second-order valence-corrected chi connectivity index (χ2v) is 8.82. The highest BCUT2D eigenvalue weighted by Gasteiger charge is 2.52. The first-order chi connectivity index (χ1) is 16.5. The molecule has 0 unspecified atom stereocenters. The Hall–Kier alpha value is -4.07. The van der Waals surface area contributed by atoms with Gasteiger partial charge in [-0.05, 0) is 30.5 Å². The molecule has 1 fully saturated rings. The van der Waals surface area contributed by atoms with Crippen LogP contribution in [-0.4, -0.2) is 39.4 Å². The molecule has 7 nitrogen and oxygen atoms in total. The Bertz CT molecular complexity index is 1380. The molecule has 2 aromatic carbocycles. The molecule has 1 N–H and O–H groups in total. The molecule has 2 bridgehead atoms. The van der Waals surface area contributed by atoms with Crippen LogP contribution in [0.25, 0.3) is 0 Å². The van der Waals surface area contributed by atoms with Crippen molar-refractivity contribution in [2.45, 2.75) is 24.4 Å². The number of rotatable bonds is 1. The van der Waals surface area contributed by atoms with Crippen LogP contribution in [0.4, 0.5) is 4.39 Å². The fraction of sp³-hybridized carbons (Fsp3) is 0.231. The number of benzene rings is 2. The van der Waals surface area contributed by atoms with Crippen molar-refractivity contribution in [2.75, 3.05) is 18.3 Å². The van der Waals surface area contributed by atoms with E-state index < -0.39 is 34.5 Å². The van der Waals surface area contributed by atoms with Crippen LogP contribution in [0.15, 0.2) is 77.7 Å². The molecule has 3 heterocycles. The summed E-state index contributed by atoms with van der Waals surface area (Å²) in [6.07, 6.45) is 6.70. The highest BCUT2D eigenvalue weighted by molar-refractivity contribution is 5.97. The van der Waals surface area contributed by atoms with Crippen LogP contribution in [0.5, 0.6) is 11.5 Å². The number of amides is 1. The maximum Gasteiger partial charge on any atom is 0.278 e. The number of fused-ring (bicyclic) bond motifs is 6. The van der Waals surface area contributed by atoms with Gasteiger partial charge in [0, 0.05) is 17.8 Å². The molecule has 3 aromatic rings. The van der Waals surface area contributed by atoms with Crippen molar-refractivity contribution in [3.05, 3.63) is 106 Å². The number of para-hydroxylation sites is 1. The third kappa shape index (κ3) is 3.02. The lowest BCUT2D eigenvalue weighted by atomic mass is 9.96. The molecule has 172 valence electrons. The number of hydrogen-bond donors (Lipinski definition) is 1. The highest BCUT2D eigenvalue weighted by Crippen LogP contribution is 2.47. The number of aromatic nitrogens is 1. The monoisotopic (exact) mass is 459 g/mol. The summed E-state index contributed by atoms with van der Waals surface area (Å²) in [5.74, 6) is -1.37. The summed E-state index contributed by atoms with van der Waals surface area (Å²) < 4.78 is 22.5. The largest absolute Gasteiger partial charge is 0.502 e. The molecule has 1 spiro atoms. The minimum absolute atomic E-state index is 0.0996. The molecule has 1 aromatic heterocycles. The van der Waals surface area contributed by atoms with Gasteiger partial charge in [-0.3, -0.25) is 19.3 Å². The molecule has 6 rings (SSSR count). The van der Waals surface area contributed by atoms with Crippen LogP contribution < -0.4 is 15.2 Å². The lowest BCUT2D eigenvalue weighted by Crippen LogP contribution is -2.58. The predicted molar refractivity (Wildman–Crippen MR) is 123 cm³/mol. The second-order valence-electron chi connectivity index (χ2n) is 8.82. The average Bonchev–Trinajstić information content (AvgIpc) is 3.63. The van der Waals surface area contributed by atoms with Gasteiger partial charge >= 0.3 is 0 Å². The van der Waals surface area contributed by atoms with Crippen molar-refractivity contribution in [2.24, 2.45) is 0 Å². The van der Waals surface area contributed by atoms with Crippen LogP contribution in [-0.2, 0) is 0 Å². The van der Waals surface area contributed by atoms with Gasteiger partial charge in [0.15, 0.2) is 23.0 Å². The summed E-state index contributed by atoms with van der Waals surface area (Å²) in [5.41, 5.74) is 0.145. The van der Waals surface area contributed by atoms with Gasteiger partial charge in [0.2, 0.25) is 5.43 Å². The van der Waals surface area contributed by atoms with Crippen LogP contribution >= 0.6 is 0 Å². The maximum absolute atomic E-state index is 15.1. The van der Waals surface area contributed by atoms with E-state index in [9.17, 15) is 14.7 Å². The van der Waals surface area contributed by atoms with Crippen molar-refractivity contribution in [1.82, 2.24) is 9.58 Å². The molecule has 2 aliphatic heterocycles. The predicted octanol–water partition coefficient (Wildman–Crippen LogP) is 3.32. The van der Waals surface area contributed by atoms with E-state index in [0.717, 1.165) is 18.4 Å². The van der Waals surface area contributed by atoms with E-state index in [1.165, 1.54) is 23.0 Å². The lowest BCUT2D eigenvalue weighted by Gasteiger charge is -2.46. The van der Waals surface area contributed by atoms with E-state index in [0.29, 0.717) is 5.56 Å². The number of pyridine rings is 1. The number of nitrogens with zero attached hydrogens (tertiary/aromatic N) is 3. The van der Waals surface area contributed by atoms with Crippen LogP contribution in [0.1, 0.15) is 40.5 Å². The Morgan fingerprint density at radius 1 is 1.03 bits per heavy atom. The van der Waals surface area contributed by atoms with Gasteiger partial charge < -0.3 is 14.7 Å². The van der Waals surface area contributed by atoms with Crippen molar-refractivity contribution < 1.29 is 19.0 Å². The minimum Gasteiger partial charge on any atom is -0.502 e. The van der Waals surface area contributed by atoms with E-state index in [2.05, 4.69) is 0 Å². The van der Waals surface area contributed by atoms with Gasteiger partial charge in [-0.25, -0.2) is 4.39 Å². The first-order valence-corrected chi connectivity index (χ1v) is 11.2. The molecule has 0 radical (unpaired) electrons. The fourth-order valence-corrected chi connectivity index (χ4v) is 4.98. The Kier molecular flexibility index (Phi) is 4.52. The van der Waals surface area contributed by atoms with E-state index in [4.69, 9.17) is 4.74 Å². The fourth-order valence-electron chi connectivity index (χ4n) is 4.98. The first-order valence-electron chi connectivity index (χ1n) is 11.2. The SMILES string of the molecule is O=C1c2c(O)c(=O)ccn2N2CN1C1(/C=C/COc3c(F)cccc3[C@H]2c2ccccc2)CC1. The smallest absolute Gasteiger partial charge is 0.278 e. The van der Waals surface area contributed by atoms with Crippen molar-refractivity contribution >= 4 is 5.91 Å². The van der Waals surface area contributed by atoms with Gasteiger partial charge in [0.1, 0.15) is 19.3 Å². The molecule has 3 aliphatic rings. The second kappa shape index (κ2) is 7.48. The number of halogens is 1. The number of carbonyl (C=O) groups excluding carboxylic acids is 1. The Labute approximate surface area is 194 Å². The maximum atomic E-state index is 15.1. The zero-order valence-electron chi connectivity index (χ0n) is 18.2. The van der Waals surface area contributed by atoms with Gasteiger partial charge in [0.25, 0.3) is 5.91 Å². The molecule has 34 heavy (non-hydrogen) atoms. The summed E-state index contributed by atoms with van der Waals surface area (Å²) in [6, 6.07) is 15.0. The normalized spacial score (nSPS) is 21.2. The van der Waals surface area contributed by atoms with Crippen molar-refractivity contribution in [1.29, 1.82) is 0 Å². The molecule has 1 saturated carbocycles. The summed E-state index contributed by atoms with van der Waals surface area (Å²) in [4.78, 5) is 27.6. The summed E-state index contributed by atoms with van der Waals surface area (Å²) >= 11 is 0. The number of carbonyl (C=O) groups is 1. The molecular weight excluding hydrogens is 437 g/mol. The third-order valence-electron chi connectivity index (χ3n) is 6.82. The van der Waals surface area contributed by atoms with Gasteiger partial charge in [-0.15, -0.1) is 0 Å². The Balaban J connectivity index is 1.67. The molecule has 8 heteroatoms. The number of aromatic hydroxyl groups is 1. The summed E-state index contributed by atoms with van der Waals surface area (Å²) in [7, 11) is 0. The molecule has 1 atom stereocenters. The minimum atomic E-state index is -0.628. The quantitative estimate of drug-likeness (QED) is 0.565. The van der Waals surface area contributed by atoms with Crippen LogP contribution in [0.2, 0.25) is 0 Å². The van der Waals surface area contributed by atoms with E-state index in [1.54, 1.807) is 23.1 Å². The van der Waals surface area contributed by atoms with E-state index in [-0.39, 0.29) is 24.7 Å². The van der Waals surface area contributed by atoms with Gasteiger partial charge in [-0.2, -0.15) is 0 Å². The zero-order valence-corrected chi connectivity index (χ0v) is 18.2. The highest BCUT2D eigenvalue weighted by atomic mass is 19.1. The Morgan fingerprint density at radius 2 is 1.82 bits per heavy atom. The molecule has 1 amide bonds.